The Hall–Kier alpha value is -2.29. The van der Waals surface area contributed by atoms with Crippen molar-refractivity contribution in [2.45, 2.75) is 0 Å². The van der Waals surface area contributed by atoms with Crippen molar-refractivity contribution >= 4 is 11.2 Å². The van der Waals surface area contributed by atoms with Crippen molar-refractivity contribution in [2.24, 2.45) is 14.1 Å². The van der Waals surface area contributed by atoms with Crippen LogP contribution in [0.25, 0.3) is 11.2 Å². The van der Waals surface area contributed by atoms with E-state index in [1.165, 1.54) is 29.6 Å². The first-order valence-electron chi connectivity index (χ1n) is 4.17. The molecule has 0 aliphatic carbocycles. The van der Waals surface area contributed by atoms with Crippen LogP contribution in [0.15, 0.2) is 15.9 Å². The van der Waals surface area contributed by atoms with Gasteiger partial charge >= 0.3 is 5.69 Å². The van der Waals surface area contributed by atoms with Crippen molar-refractivity contribution in [1.82, 2.24) is 18.7 Å². The van der Waals surface area contributed by atoms with Crippen LogP contribution in [0, 0.1) is 12.5 Å². The molecule has 0 bridgehead atoms. The van der Waals surface area contributed by atoms with Crippen LogP contribution in [0.3, 0.4) is 0 Å². The molecule has 0 aliphatic heterocycles. The van der Waals surface area contributed by atoms with Crippen molar-refractivity contribution in [3.05, 3.63) is 27.2 Å². The van der Waals surface area contributed by atoms with Gasteiger partial charge in [0.05, 0.1) is 0 Å². The summed E-state index contributed by atoms with van der Waals surface area (Å²) in [6.45, 7) is 0. The second-order valence-electron chi connectivity index (χ2n) is 3.12. The van der Waals surface area contributed by atoms with E-state index in [0.717, 1.165) is 4.57 Å². The van der Waals surface area contributed by atoms with Crippen molar-refractivity contribution in [3.8, 4) is 12.5 Å². The molecule has 0 unspecified atom stereocenters. The summed E-state index contributed by atoms with van der Waals surface area (Å²) >= 11 is 0. The summed E-state index contributed by atoms with van der Waals surface area (Å²) in [6.07, 6.45) is 6.54. The molecule has 0 atom stereocenters. The van der Waals surface area contributed by atoms with Crippen LogP contribution in [0.5, 0.6) is 0 Å². The average molecular weight is 204 g/mol. The fraction of sp³-hybridized carbons (Fsp3) is 0.222. The number of aryl methyl sites for hydroxylation is 1. The highest BCUT2D eigenvalue weighted by Crippen LogP contribution is 2.02. The van der Waals surface area contributed by atoms with Crippen LogP contribution in [0.2, 0.25) is 0 Å². The number of imidazole rings is 1. The van der Waals surface area contributed by atoms with Gasteiger partial charge in [-0.25, -0.2) is 9.78 Å². The number of rotatable bonds is 0. The van der Waals surface area contributed by atoms with Gasteiger partial charge in [0.1, 0.15) is 6.33 Å². The van der Waals surface area contributed by atoms with Gasteiger partial charge in [-0.2, -0.15) is 0 Å². The highest BCUT2D eigenvalue weighted by atomic mass is 16.2. The third-order valence-electron chi connectivity index (χ3n) is 2.29. The monoisotopic (exact) mass is 204 g/mol. The van der Waals surface area contributed by atoms with E-state index in [-0.39, 0.29) is 5.52 Å². The maximum atomic E-state index is 11.7. The van der Waals surface area contributed by atoms with E-state index in [2.05, 4.69) is 11.0 Å². The van der Waals surface area contributed by atoms with Gasteiger partial charge in [-0.3, -0.25) is 18.5 Å². The summed E-state index contributed by atoms with van der Waals surface area (Å²) in [5.41, 5.74) is -0.332. The van der Waals surface area contributed by atoms with Crippen LogP contribution in [-0.4, -0.2) is 18.7 Å². The molecule has 0 saturated carbocycles. The second-order valence-corrected chi connectivity index (χ2v) is 3.12. The topological polar surface area (TPSA) is 61.8 Å². The highest BCUT2D eigenvalue weighted by molar-refractivity contribution is 5.71. The van der Waals surface area contributed by atoms with Crippen molar-refractivity contribution < 1.29 is 0 Å². The van der Waals surface area contributed by atoms with E-state index in [0.29, 0.717) is 5.65 Å². The Balaban J connectivity index is 3.20. The third-order valence-corrected chi connectivity index (χ3v) is 2.29. The fourth-order valence-electron chi connectivity index (χ4n) is 1.44. The number of hydrogen-bond acceptors (Lipinski definition) is 3. The number of hydrogen-bond donors (Lipinski definition) is 0. The highest BCUT2D eigenvalue weighted by Gasteiger charge is 2.12. The summed E-state index contributed by atoms with van der Waals surface area (Å²) in [7, 11) is 2.94. The van der Waals surface area contributed by atoms with Gasteiger partial charge in [0, 0.05) is 20.1 Å². The molecule has 0 amide bonds. The first kappa shape index (κ1) is 9.27. The predicted molar refractivity (Wildman–Crippen MR) is 54.4 cm³/mol. The summed E-state index contributed by atoms with van der Waals surface area (Å²) in [5.74, 6) is 0. The van der Waals surface area contributed by atoms with Crippen molar-refractivity contribution in [2.75, 3.05) is 0 Å². The van der Waals surface area contributed by atoms with Gasteiger partial charge in [-0.15, -0.1) is 0 Å². The molecule has 0 N–H and O–H groups in total. The van der Waals surface area contributed by atoms with E-state index in [1.807, 2.05) is 0 Å². The van der Waals surface area contributed by atoms with Crippen LogP contribution in [0.1, 0.15) is 0 Å². The molecule has 2 aromatic rings. The molecule has 15 heavy (non-hydrogen) atoms. The van der Waals surface area contributed by atoms with Crippen LogP contribution >= 0.6 is 0 Å². The summed E-state index contributed by atoms with van der Waals surface area (Å²) in [4.78, 5) is 27.2. The minimum absolute atomic E-state index is 0.238. The molecular formula is C9H8N4O2. The summed E-state index contributed by atoms with van der Waals surface area (Å²) < 4.78 is 3.54. The lowest BCUT2D eigenvalue weighted by molar-refractivity contribution is 0.707. The number of terminal acetylenes is 1. The first-order valence-corrected chi connectivity index (χ1v) is 4.17. The van der Waals surface area contributed by atoms with Crippen LogP contribution in [0.4, 0.5) is 0 Å². The Morgan fingerprint density at radius 1 is 1.33 bits per heavy atom. The number of fused-ring (bicyclic) bond motifs is 1. The van der Waals surface area contributed by atoms with E-state index >= 15 is 0 Å². The minimum atomic E-state index is -0.441. The summed E-state index contributed by atoms with van der Waals surface area (Å²) in [5, 5.41) is 0. The molecule has 0 aliphatic rings. The van der Waals surface area contributed by atoms with Crippen molar-refractivity contribution in [1.29, 1.82) is 0 Å². The smallest absolute Gasteiger partial charge is 0.279 e. The Labute approximate surface area is 84.4 Å². The van der Waals surface area contributed by atoms with Crippen LogP contribution in [-0.2, 0) is 14.1 Å². The molecule has 6 nitrogen and oxygen atoms in total. The lowest BCUT2D eigenvalue weighted by atomic mass is 10.5. The van der Waals surface area contributed by atoms with E-state index in [1.54, 1.807) is 0 Å². The van der Waals surface area contributed by atoms with Gasteiger partial charge in [0.2, 0.25) is 0 Å². The number of aromatic nitrogens is 4. The molecular weight excluding hydrogens is 196 g/mol. The molecule has 0 radical (unpaired) electrons. The normalized spacial score (nSPS) is 10.5. The third kappa shape index (κ3) is 1.03. The molecule has 6 heteroatoms. The minimum Gasteiger partial charge on any atom is -0.279 e. The largest absolute Gasteiger partial charge is 0.332 e. The Kier molecular flexibility index (Phi) is 1.76. The molecule has 2 heterocycles. The Bertz CT molecular complexity index is 696. The summed E-state index contributed by atoms with van der Waals surface area (Å²) in [6, 6.07) is 2.29. The molecule has 2 rings (SSSR count). The molecule has 2 aromatic heterocycles. The second kappa shape index (κ2) is 2.85. The molecule has 0 saturated heterocycles. The molecule has 0 fully saturated rings. The molecule has 0 aromatic carbocycles. The van der Waals surface area contributed by atoms with Gasteiger partial charge in [0.15, 0.2) is 11.2 Å². The molecule has 0 spiro atoms. The maximum absolute atomic E-state index is 11.7. The lowest BCUT2D eigenvalue weighted by Gasteiger charge is -2.02. The number of nitrogens with zero attached hydrogens (tertiary/aromatic N) is 4. The van der Waals surface area contributed by atoms with Gasteiger partial charge < -0.3 is 0 Å². The van der Waals surface area contributed by atoms with E-state index in [9.17, 15) is 9.59 Å². The van der Waals surface area contributed by atoms with Gasteiger partial charge in [-0.1, -0.05) is 6.42 Å². The first-order chi connectivity index (χ1) is 7.07. The lowest BCUT2D eigenvalue weighted by Crippen LogP contribution is -2.37. The van der Waals surface area contributed by atoms with Crippen LogP contribution < -0.4 is 11.2 Å². The maximum Gasteiger partial charge on any atom is 0.332 e. The SMILES string of the molecule is C#Cn1cnc2c1c(=O)n(C)c(=O)n2C. The predicted octanol–water partition coefficient (Wildman–Crippen LogP) is -1.13. The Morgan fingerprint density at radius 2 is 2.00 bits per heavy atom. The standard InChI is InChI=1S/C9H8N4O2/c1-4-13-5-10-7-6(13)8(14)12(3)9(15)11(7)2/h1,5H,2-3H3. The van der Waals surface area contributed by atoms with Gasteiger partial charge in [-0.05, 0) is 0 Å². The Morgan fingerprint density at radius 3 is 2.60 bits per heavy atom. The van der Waals surface area contributed by atoms with E-state index in [4.69, 9.17) is 6.42 Å². The zero-order valence-corrected chi connectivity index (χ0v) is 8.26. The zero-order chi connectivity index (χ0) is 11.2. The quantitative estimate of drug-likeness (QED) is 0.510. The fourth-order valence-corrected chi connectivity index (χ4v) is 1.44. The molecule has 76 valence electrons. The van der Waals surface area contributed by atoms with E-state index < -0.39 is 11.2 Å². The average Bonchev–Trinajstić information content (AvgIpc) is 2.67. The van der Waals surface area contributed by atoms with Gasteiger partial charge in [0.25, 0.3) is 5.56 Å². The van der Waals surface area contributed by atoms with Crippen molar-refractivity contribution in [3.63, 3.8) is 0 Å². The zero-order valence-electron chi connectivity index (χ0n) is 8.26.